The summed E-state index contributed by atoms with van der Waals surface area (Å²) in [6.45, 7) is 2.01. The van der Waals surface area contributed by atoms with Gasteiger partial charge in [-0.15, -0.1) is 0 Å². The minimum atomic E-state index is 0.694. The number of aromatic nitrogens is 2. The summed E-state index contributed by atoms with van der Waals surface area (Å²) in [5.41, 5.74) is 2.10. The van der Waals surface area contributed by atoms with Crippen molar-refractivity contribution in [2.24, 2.45) is 0 Å². The van der Waals surface area contributed by atoms with Crippen LogP contribution in [0, 0.1) is 11.7 Å². The highest BCUT2D eigenvalue weighted by Gasteiger charge is 2.03. The maximum absolute atomic E-state index is 5.77. The molecular weight excluding hydrogens is 268 g/mol. The number of imidazole rings is 1. The van der Waals surface area contributed by atoms with Crippen LogP contribution in [0.1, 0.15) is 5.69 Å². The molecule has 1 aromatic heterocycles. The Morgan fingerprint density at radius 2 is 1.60 bits per heavy atom. The van der Waals surface area contributed by atoms with Crippen molar-refractivity contribution in [2.45, 2.75) is 6.92 Å². The Bertz CT molecular complexity index is 757. The lowest BCUT2D eigenvalue weighted by atomic mass is 10.3. The van der Waals surface area contributed by atoms with Gasteiger partial charge in [0.05, 0.1) is 0 Å². The van der Waals surface area contributed by atoms with Crippen molar-refractivity contribution < 1.29 is 4.74 Å². The van der Waals surface area contributed by atoms with Gasteiger partial charge in [-0.05, 0) is 55.5 Å². The topological polar surface area (TPSA) is 29.9 Å². The minimum Gasteiger partial charge on any atom is -0.457 e. The van der Waals surface area contributed by atoms with E-state index in [0.717, 1.165) is 22.9 Å². The average molecular weight is 282 g/mol. The SMILES string of the molecule is Cc1c[nH]c(=S)n1-c1ccc(Oc2ccccc2)cc1. The summed E-state index contributed by atoms with van der Waals surface area (Å²) in [5.74, 6) is 1.63. The van der Waals surface area contributed by atoms with Crippen LogP contribution in [0.3, 0.4) is 0 Å². The van der Waals surface area contributed by atoms with Gasteiger partial charge in [-0.2, -0.15) is 0 Å². The van der Waals surface area contributed by atoms with E-state index >= 15 is 0 Å². The van der Waals surface area contributed by atoms with Crippen LogP contribution >= 0.6 is 12.2 Å². The number of benzene rings is 2. The predicted octanol–water partition coefficient (Wildman–Crippen LogP) is 4.64. The Morgan fingerprint density at radius 3 is 2.20 bits per heavy atom. The van der Waals surface area contributed by atoms with Gasteiger partial charge in [-0.25, -0.2) is 0 Å². The number of ether oxygens (including phenoxy) is 1. The molecule has 20 heavy (non-hydrogen) atoms. The average Bonchev–Trinajstić information content (AvgIpc) is 2.81. The Labute approximate surface area is 122 Å². The van der Waals surface area contributed by atoms with Gasteiger partial charge in [0, 0.05) is 17.6 Å². The van der Waals surface area contributed by atoms with Gasteiger partial charge in [0.1, 0.15) is 11.5 Å². The molecule has 3 nitrogen and oxygen atoms in total. The van der Waals surface area contributed by atoms with Crippen LogP contribution in [-0.4, -0.2) is 9.55 Å². The highest BCUT2D eigenvalue weighted by Crippen LogP contribution is 2.22. The number of H-pyrrole nitrogens is 1. The first-order valence-corrected chi connectivity index (χ1v) is 6.75. The fraction of sp³-hybridized carbons (Fsp3) is 0.0625. The van der Waals surface area contributed by atoms with Gasteiger partial charge < -0.3 is 9.72 Å². The Hall–Kier alpha value is -2.33. The molecule has 0 unspecified atom stereocenters. The molecule has 0 bridgehead atoms. The molecule has 1 N–H and O–H groups in total. The largest absolute Gasteiger partial charge is 0.457 e. The first kappa shape index (κ1) is 12.7. The highest BCUT2D eigenvalue weighted by atomic mass is 32.1. The molecule has 2 aromatic carbocycles. The summed E-state index contributed by atoms with van der Waals surface area (Å²) in [6.07, 6.45) is 1.90. The summed E-state index contributed by atoms with van der Waals surface area (Å²) in [5, 5.41) is 0. The van der Waals surface area contributed by atoms with E-state index in [4.69, 9.17) is 17.0 Å². The quantitative estimate of drug-likeness (QED) is 0.709. The second-order valence-corrected chi connectivity index (χ2v) is 4.87. The van der Waals surface area contributed by atoms with Crippen molar-refractivity contribution in [1.29, 1.82) is 0 Å². The van der Waals surface area contributed by atoms with E-state index < -0.39 is 0 Å². The molecule has 0 saturated carbocycles. The third kappa shape index (κ3) is 2.51. The lowest BCUT2D eigenvalue weighted by molar-refractivity contribution is 0.482. The number of aryl methyl sites for hydroxylation is 1. The molecule has 0 aliphatic heterocycles. The van der Waals surface area contributed by atoms with Crippen molar-refractivity contribution in [3.8, 4) is 17.2 Å². The molecule has 1 heterocycles. The zero-order valence-corrected chi connectivity index (χ0v) is 11.9. The third-order valence-electron chi connectivity index (χ3n) is 3.03. The van der Waals surface area contributed by atoms with E-state index in [2.05, 4.69) is 4.98 Å². The van der Waals surface area contributed by atoms with Gasteiger partial charge in [0.25, 0.3) is 0 Å². The summed E-state index contributed by atoms with van der Waals surface area (Å²) >= 11 is 5.27. The van der Waals surface area contributed by atoms with Gasteiger partial charge in [-0.3, -0.25) is 4.57 Å². The molecule has 100 valence electrons. The number of aromatic amines is 1. The monoisotopic (exact) mass is 282 g/mol. The number of nitrogens with zero attached hydrogens (tertiary/aromatic N) is 1. The van der Waals surface area contributed by atoms with Gasteiger partial charge >= 0.3 is 0 Å². The maximum atomic E-state index is 5.77. The van der Waals surface area contributed by atoms with Crippen LogP contribution in [0.2, 0.25) is 0 Å². The van der Waals surface area contributed by atoms with Crippen LogP contribution in [0.25, 0.3) is 5.69 Å². The number of hydrogen-bond donors (Lipinski definition) is 1. The highest BCUT2D eigenvalue weighted by molar-refractivity contribution is 7.71. The van der Waals surface area contributed by atoms with E-state index in [1.807, 2.05) is 72.3 Å². The van der Waals surface area contributed by atoms with Crippen molar-refractivity contribution in [1.82, 2.24) is 9.55 Å². The molecule has 0 fully saturated rings. The predicted molar refractivity (Wildman–Crippen MR) is 82.2 cm³/mol. The normalized spacial score (nSPS) is 10.4. The van der Waals surface area contributed by atoms with Crippen molar-refractivity contribution >= 4 is 12.2 Å². The van der Waals surface area contributed by atoms with Crippen LogP contribution in [0.4, 0.5) is 0 Å². The lowest BCUT2D eigenvalue weighted by Gasteiger charge is -2.08. The number of para-hydroxylation sites is 1. The number of nitrogens with one attached hydrogen (secondary N) is 1. The smallest absolute Gasteiger partial charge is 0.182 e. The number of hydrogen-bond acceptors (Lipinski definition) is 2. The van der Waals surface area contributed by atoms with Crippen LogP contribution in [0.5, 0.6) is 11.5 Å². The van der Waals surface area contributed by atoms with E-state index in [1.165, 1.54) is 0 Å². The minimum absolute atomic E-state index is 0.694. The molecule has 0 spiro atoms. The van der Waals surface area contributed by atoms with Gasteiger partial charge in [-0.1, -0.05) is 18.2 Å². The Kier molecular flexibility index (Phi) is 3.39. The molecule has 0 atom stereocenters. The van der Waals surface area contributed by atoms with Crippen LogP contribution < -0.4 is 4.74 Å². The lowest BCUT2D eigenvalue weighted by Crippen LogP contribution is -1.96. The van der Waals surface area contributed by atoms with E-state index in [1.54, 1.807) is 0 Å². The maximum Gasteiger partial charge on any atom is 0.182 e. The summed E-state index contributed by atoms with van der Waals surface area (Å²) in [6, 6.07) is 17.6. The molecular formula is C16H14N2OS. The molecule has 3 aromatic rings. The summed E-state index contributed by atoms with van der Waals surface area (Å²) in [7, 11) is 0. The zero-order chi connectivity index (χ0) is 13.9. The first-order chi connectivity index (χ1) is 9.74. The van der Waals surface area contributed by atoms with Crippen molar-refractivity contribution in [2.75, 3.05) is 0 Å². The fourth-order valence-corrected chi connectivity index (χ4v) is 2.37. The molecule has 4 heteroatoms. The second kappa shape index (κ2) is 5.35. The molecule has 3 rings (SSSR count). The molecule has 0 radical (unpaired) electrons. The van der Waals surface area contributed by atoms with Crippen LogP contribution in [-0.2, 0) is 0 Å². The first-order valence-electron chi connectivity index (χ1n) is 6.34. The Morgan fingerprint density at radius 1 is 0.950 bits per heavy atom. The van der Waals surface area contributed by atoms with Crippen LogP contribution in [0.15, 0.2) is 60.8 Å². The molecule has 0 saturated heterocycles. The zero-order valence-electron chi connectivity index (χ0n) is 11.0. The van der Waals surface area contributed by atoms with E-state index in [9.17, 15) is 0 Å². The number of rotatable bonds is 3. The van der Waals surface area contributed by atoms with Gasteiger partial charge in [0.2, 0.25) is 0 Å². The van der Waals surface area contributed by atoms with Crippen molar-refractivity contribution in [3.63, 3.8) is 0 Å². The summed E-state index contributed by atoms with van der Waals surface area (Å²) < 4.78 is 8.45. The molecule has 0 amide bonds. The molecule has 0 aliphatic carbocycles. The van der Waals surface area contributed by atoms with Gasteiger partial charge in [0.15, 0.2) is 4.77 Å². The summed E-state index contributed by atoms with van der Waals surface area (Å²) in [4.78, 5) is 3.04. The molecule has 0 aliphatic rings. The standard InChI is InChI=1S/C16H14N2OS/c1-12-11-17-16(20)18(12)13-7-9-15(10-8-13)19-14-5-3-2-4-6-14/h2-11H,1H3,(H,17,20). The van der Waals surface area contributed by atoms with E-state index in [0.29, 0.717) is 4.77 Å². The fourth-order valence-electron chi connectivity index (χ4n) is 2.06. The Balaban J connectivity index is 1.87. The van der Waals surface area contributed by atoms with Crippen molar-refractivity contribution in [3.05, 3.63) is 71.3 Å². The second-order valence-electron chi connectivity index (χ2n) is 4.48. The third-order valence-corrected chi connectivity index (χ3v) is 3.33. The van der Waals surface area contributed by atoms with E-state index in [-0.39, 0.29) is 0 Å².